The van der Waals surface area contributed by atoms with Gasteiger partial charge in [0, 0.05) is 30.8 Å². The molecule has 0 aliphatic carbocycles. The van der Waals surface area contributed by atoms with E-state index in [-0.39, 0.29) is 0 Å². The van der Waals surface area contributed by atoms with E-state index in [4.69, 9.17) is 0 Å². The van der Waals surface area contributed by atoms with E-state index in [0.717, 1.165) is 21.6 Å². The molecule has 0 bridgehead atoms. The number of hydrogen-bond acceptors (Lipinski definition) is 4. The molecule has 0 unspecified atom stereocenters. The van der Waals surface area contributed by atoms with E-state index < -0.39 is 0 Å². The molecule has 0 fully saturated rings. The van der Waals surface area contributed by atoms with Gasteiger partial charge in [-0.3, -0.25) is 4.99 Å². The average molecular weight is 277 g/mol. The van der Waals surface area contributed by atoms with Crippen LogP contribution in [0.1, 0.15) is 5.69 Å². The Bertz CT molecular complexity index is 520. The van der Waals surface area contributed by atoms with Crippen molar-refractivity contribution in [2.75, 3.05) is 14.1 Å². The van der Waals surface area contributed by atoms with E-state index in [9.17, 15) is 0 Å². The molecule has 18 heavy (non-hydrogen) atoms. The van der Waals surface area contributed by atoms with Crippen molar-refractivity contribution in [2.45, 2.75) is 5.75 Å². The quantitative estimate of drug-likeness (QED) is 0.691. The highest BCUT2D eigenvalue weighted by Gasteiger charge is 2.05. The molecule has 0 atom stereocenters. The molecule has 3 nitrogen and oxygen atoms in total. The van der Waals surface area contributed by atoms with Gasteiger partial charge in [0.15, 0.2) is 5.17 Å². The van der Waals surface area contributed by atoms with Gasteiger partial charge in [-0.15, -0.1) is 11.3 Å². The maximum absolute atomic E-state index is 4.64. The number of hydrogen-bond donors (Lipinski definition) is 1. The maximum atomic E-state index is 4.64. The molecule has 1 aromatic heterocycles. The third-order valence-electron chi connectivity index (χ3n) is 2.35. The Hall–Kier alpha value is -1.33. The SMILES string of the molecule is CN=C(NC)SCc1csc(-c2ccccc2)n1. The number of thiazole rings is 1. The fourth-order valence-corrected chi connectivity index (χ4v) is 3.11. The van der Waals surface area contributed by atoms with Gasteiger partial charge in [0.05, 0.1) is 5.69 Å². The van der Waals surface area contributed by atoms with E-state index in [1.54, 1.807) is 30.1 Å². The van der Waals surface area contributed by atoms with Crippen LogP contribution >= 0.6 is 23.1 Å². The van der Waals surface area contributed by atoms with Crippen LogP contribution in [0.5, 0.6) is 0 Å². The fraction of sp³-hybridized carbons (Fsp3) is 0.231. The monoisotopic (exact) mass is 277 g/mol. The van der Waals surface area contributed by atoms with Crippen molar-refractivity contribution < 1.29 is 0 Å². The molecule has 0 aliphatic heterocycles. The minimum Gasteiger partial charge on any atom is -0.368 e. The van der Waals surface area contributed by atoms with Crippen LogP contribution in [0.25, 0.3) is 10.6 Å². The Morgan fingerprint density at radius 3 is 2.83 bits per heavy atom. The minimum atomic E-state index is 0.844. The van der Waals surface area contributed by atoms with Crippen molar-refractivity contribution in [2.24, 2.45) is 4.99 Å². The number of nitrogens with one attached hydrogen (secondary N) is 1. The van der Waals surface area contributed by atoms with Gasteiger partial charge in [0.2, 0.25) is 0 Å². The second-order valence-electron chi connectivity index (χ2n) is 3.58. The lowest BCUT2D eigenvalue weighted by Gasteiger charge is -2.01. The lowest BCUT2D eigenvalue weighted by molar-refractivity contribution is 1.18. The summed E-state index contributed by atoms with van der Waals surface area (Å²) in [6, 6.07) is 10.3. The number of benzene rings is 1. The van der Waals surface area contributed by atoms with Gasteiger partial charge in [0.25, 0.3) is 0 Å². The summed E-state index contributed by atoms with van der Waals surface area (Å²) in [7, 11) is 3.67. The molecule has 0 saturated carbocycles. The van der Waals surface area contributed by atoms with Crippen LogP contribution in [0, 0.1) is 0 Å². The van der Waals surface area contributed by atoms with Gasteiger partial charge in [-0.1, -0.05) is 42.1 Å². The van der Waals surface area contributed by atoms with Crippen LogP contribution in [-0.4, -0.2) is 24.2 Å². The molecule has 1 heterocycles. The first-order chi connectivity index (χ1) is 8.83. The number of amidine groups is 1. The van der Waals surface area contributed by atoms with E-state index in [1.165, 1.54) is 5.56 Å². The molecule has 5 heteroatoms. The smallest absolute Gasteiger partial charge is 0.156 e. The third kappa shape index (κ3) is 3.34. The largest absolute Gasteiger partial charge is 0.368 e. The molecule has 0 spiro atoms. The molecular weight excluding hydrogens is 262 g/mol. The first-order valence-corrected chi connectivity index (χ1v) is 7.47. The number of rotatable bonds is 3. The molecule has 2 aromatic rings. The van der Waals surface area contributed by atoms with Crippen LogP contribution in [-0.2, 0) is 5.75 Å². The second kappa shape index (κ2) is 6.56. The maximum Gasteiger partial charge on any atom is 0.156 e. The summed E-state index contributed by atoms with van der Waals surface area (Å²) >= 11 is 3.35. The van der Waals surface area contributed by atoms with E-state index in [2.05, 4.69) is 32.8 Å². The molecule has 94 valence electrons. The van der Waals surface area contributed by atoms with Crippen LogP contribution in [0.3, 0.4) is 0 Å². The van der Waals surface area contributed by atoms with Gasteiger partial charge in [-0.25, -0.2) is 4.98 Å². The zero-order valence-corrected chi connectivity index (χ0v) is 12.0. The summed E-state index contributed by atoms with van der Waals surface area (Å²) < 4.78 is 0. The van der Waals surface area contributed by atoms with Gasteiger partial charge < -0.3 is 5.32 Å². The molecule has 2 rings (SSSR count). The molecule has 1 aromatic carbocycles. The third-order valence-corrected chi connectivity index (χ3v) is 4.39. The predicted octanol–water partition coefficient (Wildman–Crippen LogP) is 3.25. The fourth-order valence-electron chi connectivity index (χ4n) is 1.48. The van der Waals surface area contributed by atoms with Crippen LogP contribution in [0.4, 0.5) is 0 Å². The second-order valence-corrected chi connectivity index (χ2v) is 5.40. The first kappa shape index (κ1) is 13.1. The summed E-state index contributed by atoms with van der Waals surface area (Å²) in [6.45, 7) is 0. The Morgan fingerprint density at radius 2 is 2.17 bits per heavy atom. The van der Waals surface area contributed by atoms with Crippen molar-refractivity contribution in [3.8, 4) is 10.6 Å². The van der Waals surface area contributed by atoms with E-state index in [1.807, 2.05) is 25.2 Å². The number of nitrogens with zero attached hydrogens (tertiary/aromatic N) is 2. The molecule has 1 N–H and O–H groups in total. The highest BCUT2D eigenvalue weighted by Crippen LogP contribution is 2.25. The Balaban J connectivity index is 2.03. The minimum absolute atomic E-state index is 0.844. The number of thioether (sulfide) groups is 1. The molecule has 0 aliphatic rings. The highest BCUT2D eigenvalue weighted by atomic mass is 32.2. The molecular formula is C13H15N3S2. The first-order valence-electron chi connectivity index (χ1n) is 5.60. The van der Waals surface area contributed by atoms with Crippen LogP contribution < -0.4 is 5.32 Å². The summed E-state index contributed by atoms with van der Waals surface area (Å²) in [5, 5.41) is 7.17. The van der Waals surface area contributed by atoms with E-state index in [0.29, 0.717) is 0 Å². The molecule has 0 amide bonds. The predicted molar refractivity (Wildman–Crippen MR) is 81.3 cm³/mol. The van der Waals surface area contributed by atoms with E-state index >= 15 is 0 Å². The summed E-state index contributed by atoms with van der Waals surface area (Å²) in [5.41, 5.74) is 2.28. The van der Waals surface area contributed by atoms with Gasteiger partial charge in [-0.05, 0) is 0 Å². The van der Waals surface area contributed by atoms with Crippen LogP contribution in [0.2, 0.25) is 0 Å². The zero-order chi connectivity index (χ0) is 12.8. The van der Waals surface area contributed by atoms with Gasteiger partial charge in [-0.2, -0.15) is 0 Å². The topological polar surface area (TPSA) is 37.3 Å². The summed E-state index contributed by atoms with van der Waals surface area (Å²) in [6.07, 6.45) is 0. The van der Waals surface area contributed by atoms with Gasteiger partial charge in [0.1, 0.15) is 5.01 Å². The number of aliphatic imine (C=N–C) groups is 1. The summed E-state index contributed by atoms with van der Waals surface area (Å²) in [5.74, 6) is 0.844. The Kier molecular flexibility index (Phi) is 4.78. The molecule has 0 radical (unpaired) electrons. The normalized spacial score (nSPS) is 11.6. The van der Waals surface area contributed by atoms with Crippen molar-refractivity contribution in [1.29, 1.82) is 0 Å². The lowest BCUT2D eigenvalue weighted by atomic mass is 10.2. The Labute approximate surface area is 115 Å². The van der Waals surface area contributed by atoms with Crippen molar-refractivity contribution in [3.05, 3.63) is 41.4 Å². The van der Waals surface area contributed by atoms with Crippen molar-refractivity contribution >= 4 is 28.3 Å². The Morgan fingerprint density at radius 1 is 1.39 bits per heavy atom. The zero-order valence-electron chi connectivity index (χ0n) is 10.4. The van der Waals surface area contributed by atoms with Crippen molar-refractivity contribution in [1.82, 2.24) is 10.3 Å². The lowest BCUT2D eigenvalue weighted by Crippen LogP contribution is -2.14. The van der Waals surface area contributed by atoms with Crippen LogP contribution in [0.15, 0.2) is 40.7 Å². The molecule has 0 saturated heterocycles. The summed E-state index contributed by atoms with van der Waals surface area (Å²) in [4.78, 5) is 8.77. The van der Waals surface area contributed by atoms with Crippen molar-refractivity contribution in [3.63, 3.8) is 0 Å². The average Bonchev–Trinajstić information content (AvgIpc) is 2.90. The highest BCUT2D eigenvalue weighted by molar-refractivity contribution is 8.13. The standard InChI is InChI=1S/C13H15N3S2/c1-14-13(15-2)18-9-11-8-17-12(16-11)10-6-4-3-5-7-10/h3-8H,9H2,1-2H3,(H,14,15). The van der Waals surface area contributed by atoms with Gasteiger partial charge >= 0.3 is 0 Å². The number of aromatic nitrogens is 1.